The van der Waals surface area contributed by atoms with Gasteiger partial charge in [0.15, 0.2) is 0 Å². The molecular weight excluding hydrogens is 224 g/mol. The van der Waals surface area contributed by atoms with Crippen LogP contribution >= 0.6 is 24.0 Å². The molecule has 0 radical (unpaired) electrons. The Bertz CT molecular complexity index is 306. The lowest BCUT2D eigenvalue weighted by Crippen LogP contribution is -2.14. The van der Waals surface area contributed by atoms with Gasteiger partial charge in [-0.05, 0) is 30.9 Å². The molecule has 4 heteroatoms. The zero-order valence-corrected chi connectivity index (χ0v) is 9.11. The third-order valence-electron chi connectivity index (χ3n) is 2.46. The lowest BCUT2D eigenvalue weighted by molar-refractivity contribution is 0.554. The van der Waals surface area contributed by atoms with E-state index in [4.69, 9.17) is 17.3 Å². The van der Waals surface area contributed by atoms with Crippen LogP contribution in [0.3, 0.4) is 0 Å². The van der Waals surface area contributed by atoms with Crippen molar-refractivity contribution in [1.29, 1.82) is 0 Å². The van der Waals surface area contributed by atoms with Crippen molar-refractivity contribution in [3.63, 3.8) is 0 Å². The number of hydrogen-bond acceptors (Lipinski definition) is 1. The van der Waals surface area contributed by atoms with Gasteiger partial charge in [-0.2, -0.15) is 0 Å². The smallest absolute Gasteiger partial charge is 0.129 e. The topological polar surface area (TPSA) is 26.0 Å². The van der Waals surface area contributed by atoms with Gasteiger partial charge >= 0.3 is 0 Å². The largest absolute Gasteiger partial charge is 0.324 e. The Balaban J connectivity index is 0.000000980. The molecule has 1 saturated carbocycles. The van der Waals surface area contributed by atoms with Crippen molar-refractivity contribution >= 4 is 24.0 Å². The van der Waals surface area contributed by atoms with Crippen LogP contribution in [-0.4, -0.2) is 0 Å². The van der Waals surface area contributed by atoms with Crippen molar-refractivity contribution in [3.05, 3.63) is 34.6 Å². The summed E-state index contributed by atoms with van der Waals surface area (Å²) >= 11 is 5.88. The fourth-order valence-electron chi connectivity index (χ4n) is 1.52. The summed E-state index contributed by atoms with van der Waals surface area (Å²) in [7, 11) is 0. The minimum Gasteiger partial charge on any atom is -0.324 e. The molecule has 0 spiro atoms. The molecule has 2 rings (SSSR count). The van der Waals surface area contributed by atoms with E-state index in [9.17, 15) is 4.39 Å². The first kappa shape index (κ1) is 11.8. The average molecular weight is 236 g/mol. The fraction of sp³-hybridized carbons (Fsp3) is 0.400. The molecule has 1 fully saturated rings. The highest BCUT2D eigenvalue weighted by Crippen LogP contribution is 2.42. The predicted octanol–water partition coefficient (Wildman–Crippen LogP) is 3.31. The summed E-state index contributed by atoms with van der Waals surface area (Å²) in [6, 6.07) is 4.46. The van der Waals surface area contributed by atoms with E-state index in [1.807, 2.05) is 0 Å². The molecule has 0 aliphatic heterocycles. The van der Waals surface area contributed by atoms with Gasteiger partial charge in [0.05, 0.1) is 0 Å². The predicted molar refractivity (Wildman–Crippen MR) is 58.3 cm³/mol. The van der Waals surface area contributed by atoms with Crippen LogP contribution < -0.4 is 5.73 Å². The van der Waals surface area contributed by atoms with E-state index >= 15 is 0 Å². The molecule has 14 heavy (non-hydrogen) atoms. The van der Waals surface area contributed by atoms with Crippen molar-refractivity contribution in [2.75, 3.05) is 0 Å². The third kappa shape index (κ3) is 2.19. The van der Waals surface area contributed by atoms with E-state index in [0.717, 1.165) is 12.8 Å². The van der Waals surface area contributed by atoms with Crippen LogP contribution in [-0.2, 0) is 0 Å². The maximum absolute atomic E-state index is 13.3. The van der Waals surface area contributed by atoms with E-state index in [1.165, 1.54) is 6.07 Å². The van der Waals surface area contributed by atoms with Gasteiger partial charge in [-0.15, -0.1) is 12.4 Å². The minimum absolute atomic E-state index is 0. The Labute approximate surface area is 93.8 Å². The van der Waals surface area contributed by atoms with E-state index < -0.39 is 0 Å². The van der Waals surface area contributed by atoms with Gasteiger partial charge in [0.25, 0.3) is 0 Å². The van der Waals surface area contributed by atoms with Gasteiger partial charge < -0.3 is 5.73 Å². The molecular formula is C10H12Cl2FN. The summed E-state index contributed by atoms with van der Waals surface area (Å²) in [5, 5.41) is 0.444. The van der Waals surface area contributed by atoms with Crippen LogP contribution in [0.4, 0.5) is 4.39 Å². The molecule has 0 aromatic heterocycles. The molecule has 0 amide bonds. The number of hydrogen-bond donors (Lipinski definition) is 1. The lowest BCUT2D eigenvalue weighted by Gasteiger charge is -2.13. The van der Waals surface area contributed by atoms with Crippen molar-refractivity contribution in [2.24, 2.45) is 11.7 Å². The van der Waals surface area contributed by atoms with Crippen molar-refractivity contribution in [2.45, 2.75) is 18.9 Å². The van der Waals surface area contributed by atoms with E-state index in [0.29, 0.717) is 16.5 Å². The third-order valence-corrected chi connectivity index (χ3v) is 2.79. The molecule has 2 N–H and O–H groups in total. The molecule has 0 unspecified atom stereocenters. The zero-order valence-electron chi connectivity index (χ0n) is 7.54. The van der Waals surface area contributed by atoms with Gasteiger partial charge in [-0.3, -0.25) is 0 Å². The normalized spacial score (nSPS) is 17.4. The molecule has 1 aliphatic rings. The molecule has 1 aromatic carbocycles. The average Bonchev–Trinajstić information content (AvgIpc) is 2.85. The summed E-state index contributed by atoms with van der Waals surface area (Å²) in [6.07, 6.45) is 2.18. The van der Waals surface area contributed by atoms with Crippen LogP contribution in [0.25, 0.3) is 0 Å². The summed E-state index contributed by atoms with van der Waals surface area (Å²) < 4.78 is 13.3. The fourth-order valence-corrected chi connectivity index (χ4v) is 1.81. The molecule has 1 aliphatic carbocycles. The lowest BCUT2D eigenvalue weighted by atomic mass is 10.0. The van der Waals surface area contributed by atoms with Gasteiger partial charge in [-0.25, -0.2) is 4.39 Å². The standard InChI is InChI=1S/C10H11ClFN.ClH/c11-7-2-1-3-8(12)9(7)10(13)6-4-5-6;/h1-3,6,10H,4-5,13H2;1H/t10-;/m1./s1. The van der Waals surface area contributed by atoms with Crippen molar-refractivity contribution in [1.82, 2.24) is 0 Å². The Morgan fingerprint density at radius 2 is 2.07 bits per heavy atom. The molecule has 78 valence electrons. The van der Waals surface area contributed by atoms with Crippen LogP contribution in [0.2, 0.25) is 5.02 Å². The quantitative estimate of drug-likeness (QED) is 0.837. The van der Waals surface area contributed by atoms with Crippen molar-refractivity contribution < 1.29 is 4.39 Å². The van der Waals surface area contributed by atoms with Crippen LogP contribution in [0, 0.1) is 11.7 Å². The number of halogens is 3. The monoisotopic (exact) mass is 235 g/mol. The first-order valence-corrected chi connectivity index (χ1v) is 4.77. The zero-order chi connectivity index (χ0) is 9.42. The first-order chi connectivity index (χ1) is 6.20. The Morgan fingerprint density at radius 3 is 2.57 bits per heavy atom. The highest BCUT2D eigenvalue weighted by molar-refractivity contribution is 6.31. The van der Waals surface area contributed by atoms with Crippen molar-refractivity contribution in [3.8, 4) is 0 Å². The molecule has 1 nitrogen and oxygen atoms in total. The van der Waals surface area contributed by atoms with Gasteiger partial charge in [0.2, 0.25) is 0 Å². The number of nitrogens with two attached hydrogens (primary N) is 1. The first-order valence-electron chi connectivity index (χ1n) is 4.39. The molecule has 0 saturated heterocycles. The van der Waals surface area contributed by atoms with Crippen LogP contribution in [0.5, 0.6) is 0 Å². The molecule has 0 bridgehead atoms. The Kier molecular flexibility index (Phi) is 3.76. The second-order valence-corrected chi connectivity index (χ2v) is 3.91. The number of rotatable bonds is 2. The highest BCUT2D eigenvalue weighted by atomic mass is 35.5. The molecule has 0 heterocycles. The van der Waals surface area contributed by atoms with E-state index in [1.54, 1.807) is 12.1 Å². The highest BCUT2D eigenvalue weighted by Gasteiger charge is 2.32. The number of benzene rings is 1. The molecule has 1 aromatic rings. The Morgan fingerprint density at radius 1 is 1.43 bits per heavy atom. The summed E-state index contributed by atoms with van der Waals surface area (Å²) in [6.45, 7) is 0. The van der Waals surface area contributed by atoms with Gasteiger partial charge in [0.1, 0.15) is 5.82 Å². The summed E-state index contributed by atoms with van der Waals surface area (Å²) in [5.74, 6) is 0.140. The Hall–Kier alpha value is -0.310. The maximum atomic E-state index is 13.3. The van der Waals surface area contributed by atoms with E-state index in [-0.39, 0.29) is 24.3 Å². The SMILES string of the molecule is Cl.N[C@@H](c1c(F)cccc1Cl)C1CC1. The van der Waals surface area contributed by atoms with Gasteiger partial charge in [-0.1, -0.05) is 17.7 Å². The van der Waals surface area contributed by atoms with E-state index in [2.05, 4.69) is 0 Å². The summed E-state index contributed by atoms with van der Waals surface area (Å²) in [5.41, 5.74) is 6.36. The van der Waals surface area contributed by atoms with Gasteiger partial charge in [0, 0.05) is 16.6 Å². The molecule has 1 atom stereocenters. The van der Waals surface area contributed by atoms with Crippen LogP contribution in [0.15, 0.2) is 18.2 Å². The minimum atomic E-state index is -0.285. The summed E-state index contributed by atoms with van der Waals surface area (Å²) in [4.78, 5) is 0. The maximum Gasteiger partial charge on any atom is 0.129 e. The second kappa shape index (κ2) is 4.47. The second-order valence-electron chi connectivity index (χ2n) is 3.50. The van der Waals surface area contributed by atoms with Crippen LogP contribution in [0.1, 0.15) is 24.4 Å².